The highest BCUT2D eigenvalue weighted by Crippen LogP contribution is 2.34. The second-order valence-corrected chi connectivity index (χ2v) is 6.81. The largest absolute Gasteiger partial charge is 0.493 e. The van der Waals surface area contributed by atoms with Crippen molar-refractivity contribution in [2.24, 2.45) is 0 Å². The standard InChI is InChI=1S/C19H20BrNO3/c1-23-16-7-6-14(12-17(16)24-15-4-2-3-5-15)19(22)18(20)13-8-10-21-11-9-13/h6-12,15,18H,2-5H2,1H3. The van der Waals surface area contributed by atoms with Crippen LogP contribution in [0.4, 0.5) is 0 Å². The molecule has 1 heterocycles. The Morgan fingerprint density at radius 3 is 2.54 bits per heavy atom. The van der Waals surface area contributed by atoms with Gasteiger partial charge in [0.1, 0.15) is 4.83 Å². The Morgan fingerprint density at radius 2 is 1.88 bits per heavy atom. The van der Waals surface area contributed by atoms with Crippen LogP contribution in [0.2, 0.25) is 0 Å². The molecule has 0 saturated heterocycles. The molecule has 0 aliphatic heterocycles. The third kappa shape index (κ3) is 3.78. The normalized spacial score (nSPS) is 15.9. The van der Waals surface area contributed by atoms with Crippen LogP contribution in [0.5, 0.6) is 11.5 Å². The number of Topliss-reactive ketones (excluding diaryl/α,β-unsaturated/α-hetero) is 1. The summed E-state index contributed by atoms with van der Waals surface area (Å²) in [5.41, 5.74) is 1.48. The fraction of sp³-hybridized carbons (Fsp3) is 0.368. The zero-order valence-corrected chi connectivity index (χ0v) is 15.2. The Bertz CT molecular complexity index is 699. The molecule has 0 N–H and O–H groups in total. The highest BCUT2D eigenvalue weighted by molar-refractivity contribution is 9.09. The highest BCUT2D eigenvalue weighted by Gasteiger charge is 2.22. The molecule has 0 radical (unpaired) electrons. The SMILES string of the molecule is COc1ccc(C(=O)C(Br)c2ccncc2)cc1OC1CCCC1. The summed E-state index contributed by atoms with van der Waals surface area (Å²) in [5, 5.41) is 0. The number of carbonyl (C=O) groups excluding carboxylic acids is 1. The molecule has 3 rings (SSSR count). The number of alkyl halides is 1. The van der Waals surface area contributed by atoms with E-state index >= 15 is 0 Å². The number of ketones is 1. The van der Waals surface area contributed by atoms with Crippen molar-refractivity contribution in [2.45, 2.75) is 36.6 Å². The van der Waals surface area contributed by atoms with E-state index in [0.29, 0.717) is 17.1 Å². The van der Waals surface area contributed by atoms with Crippen LogP contribution in [-0.2, 0) is 0 Å². The van der Waals surface area contributed by atoms with Gasteiger partial charge in [-0.1, -0.05) is 15.9 Å². The van der Waals surface area contributed by atoms with Crippen molar-refractivity contribution in [3.63, 3.8) is 0 Å². The van der Waals surface area contributed by atoms with E-state index in [2.05, 4.69) is 20.9 Å². The lowest BCUT2D eigenvalue weighted by Gasteiger charge is -2.17. The number of benzene rings is 1. The maximum atomic E-state index is 12.8. The molecule has 0 amide bonds. The van der Waals surface area contributed by atoms with Gasteiger partial charge in [0.05, 0.1) is 13.2 Å². The van der Waals surface area contributed by atoms with E-state index < -0.39 is 4.83 Å². The van der Waals surface area contributed by atoms with E-state index in [1.807, 2.05) is 12.1 Å². The monoisotopic (exact) mass is 389 g/mol. The predicted molar refractivity (Wildman–Crippen MR) is 96.1 cm³/mol. The van der Waals surface area contributed by atoms with Gasteiger partial charge >= 0.3 is 0 Å². The molecule has 1 aliphatic rings. The van der Waals surface area contributed by atoms with Gasteiger partial charge in [-0.15, -0.1) is 0 Å². The van der Waals surface area contributed by atoms with Crippen LogP contribution in [0.1, 0.15) is 46.4 Å². The third-order valence-corrected chi connectivity index (χ3v) is 5.22. The maximum Gasteiger partial charge on any atom is 0.181 e. The Morgan fingerprint density at radius 1 is 1.17 bits per heavy atom. The van der Waals surface area contributed by atoms with Crippen molar-refractivity contribution < 1.29 is 14.3 Å². The molecule has 1 aliphatic carbocycles. The molecule has 1 atom stereocenters. The first-order valence-corrected chi connectivity index (χ1v) is 9.03. The van der Waals surface area contributed by atoms with Gasteiger partial charge in [0.15, 0.2) is 17.3 Å². The lowest BCUT2D eigenvalue weighted by molar-refractivity contribution is 0.0990. The van der Waals surface area contributed by atoms with Crippen molar-refractivity contribution in [1.82, 2.24) is 4.98 Å². The predicted octanol–water partition coefficient (Wildman–Crippen LogP) is 4.73. The molecule has 5 heteroatoms. The fourth-order valence-corrected chi connectivity index (χ4v) is 3.51. The average molecular weight is 390 g/mol. The molecule has 0 bridgehead atoms. The highest BCUT2D eigenvalue weighted by atomic mass is 79.9. The number of ether oxygens (including phenoxy) is 2. The zero-order valence-electron chi connectivity index (χ0n) is 13.6. The molecule has 0 spiro atoms. The maximum absolute atomic E-state index is 12.8. The number of pyridine rings is 1. The van der Waals surface area contributed by atoms with Gasteiger partial charge in [0.25, 0.3) is 0 Å². The summed E-state index contributed by atoms with van der Waals surface area (Å²) in [7, 11) is 1.61. The Hall–Kier alpha value is -1.88. The molecular formula is C19H20BrNO3. The van der Waals surface area contributed by atoms with Crippen LogP contribution in [0, 0.1) is 0 Å². The Balaban J connectivity index is 1.83. The van der Waals surface area contributed by atoms with Crippen LogP contribution in [-0.4, -0.2) is 24.0 Å². The average Bonchev–Trinajstić information content (AvgIpc) is 3.14. The molecule has 1 aromatic heterocycles. The summed E-state index contributed by atoms with van der Waals surface area (Å²) in [4.78, 5) is 16.3. The molecular weight excluding hydrogens is 370 g/mol. The number of hydrogen-bond donors (Lipinski definition) is 0. The van der Waals surface area contributed by atoms with Gasteiger partial charge < -0.3 is 9.47 Å². The van der Waals surface area contributed by atoms with Crippen molar-refractivity contribution in [2.75, 3.05) is 7.11 Å². The topological polar surface area (TPSA) is 48.4 Å². The molecule has 2 aromatic rings. The number of aromatic nitrogens is 1. The van der Waals surface area contributed by atoms with E-state index in [1.54, 1.807) is 37.7 Å². The molecule has 1 saturated carbocycles. The van der Waals surface area contributed by atoms with Gasteiger partial charge in [-0.2, -0.15) is 0 Å². The third-order valence-electron chi connectivity index (χ3n) is 4.27. The summed E-state index contributed by atoms with van der Waals surface area (Å²) in [5.74, 6) is 1.29. The molecule has 1 aromatic carbocycles. The smallest absolute Gasteiger partial charge is 0.181 e. The van der Waals surface area contributed by atoms with E-state index in [1.165, 1.54) is 12.8 Å². The summed E-state index contributed by atoms with van der Waals surface area (Å²) in [6.45, 7) is 0. The Kier molecular flexibility index (Phi) is 5.51. The number of carbonyl (C=O) groups is 1. The summed E-state index contributed by atoms with van der Waals surface area (Å²) < 4.78 is 11.5. The minimum Gasteiger partial charge on any atom is -0.493 e. The minimum absolute atomic E-state index is 0.0138. The number of methoxy groups -OCH3 is 1. The summed E-state index contributed by atoms with van der Waals surface area (Å²) >= 11 is 3.49. The van der Waals surface area contributed by atoms with Crippen molar-refractivity contribution >= 4 is 21.7 Å². The lowest BCUT2D eigenvalue weighted by atomic mass is 10.0. The van der Waals surface area contributed by atoms with E-state index in [9.17, 15) is 4.79 Å². The fourth-order valence-electron chi connectivity index (χ4n) is 2.94. The van der Waals surface area contributed by atoms with Gasteiger partial charge in [-0.3, -0.25) is 9.78 Å². The molecule has 126 valence electrons. The van der Waals surface area contributed by atoms with E-state index in [-0.39, 0.29) is 11.9 Å². The van der Waals surface area contributed by atoms with Crippen LogP contribution < -0.4 is 9.47 Å². The first-order valence-electron chi connectivity index (χ1n) is 8.12. The second-order valence-electron chi connectivity index (χ2n) is 5.90. The van der Waals surface area contributed by atoms with Crippen molar-refractivity contribution in [3.05, 3.63) is 53.9 Å². The number of rotatable bonds is 6. The lowest BCUT2D eigenvalue weighted by Crippen LogP contribution is -2.13. The van der Waals surface area contributed by atoms with E-state index in [0.717, 1.165) is 18.4 Å². The zero-order chi connectivity index (χ0) is 16.9. The van der Waals surface area contributed by atoms with Crippen LogP contribution in [0.3, 0.4) is 0 Å². The number of halogens is 1. The quantitative estimate of drug-likeness (QED) is 0.529. The summed E-state index contributed by atoms with van der Waals surface area (Å²) in [6.07, 6.45) is 8.07. The van der Waals surface area contributed by atoms with Gasteiger partial charge in [0, 0.05) is 18.0 Å². The molecule has 1 unspecified atom stereocenters. The van der Waals surface area contributed by atoms with Gasteiger partial charge in [-0.05, 0) is 61.6 Å². The minimum atomic E-state index is -0.409. The number of hydrogen-bond acceptors (Lipinski definition) is 4. The second kappa shape index (κ2) is 7.79. The van der Waals surface area contributed by atoms with Crippen LogP contribution in [0.25, 0.3) is 0 Å². The molecule has 24 heavy (non-hydrogen) atoms. The van der Waals surface area contributed by atoms with Crippen LogP contribution in [0.15, 0.2) is 42.7 Å². The summed E-state index contributed by atoms with van der Waals surface area (Å²) in [6, 6.07) is 9.02. The number of nitrogens with zero attached hydrogens (tertiary/aromatic N) is 1. The van der Waals surface area contributed by atoms with E-state index in [4.69, 9.17) is 9.47 Å². The van der Waals surface area contributed by atoms with Gasteiger partial charge in [-0.25, -0.2) is 0 Å². The molecule has 4 nitrogen and oxygen atoms in total. The van der Waals surface area contributed by atoms with Gasteiger partial charge in [0.2, 0.25) is 0 Å². The van der Waals surface area contributed by atoms with Crippen molar-refractivity contribution in [3.8, 4) is 11.5 Å². The first kappa shape index (κ1) is 17.0. The van der Waals surface area contributed by atoms with Crippen molar-refractivity contribution in [1.29, 1.82) is 0 Å². The molecule has 1 fully saturated rings. The Labute approximate surface area is 150 Å². The van der Waals surface area contributed by atoms with Crippen LogP contribution >= 0.6 is 15.9 Å². The first-order chi connectivity index (χ1) is 11.7.